The van der Waals surface area contributed by atoms with E-state index < -0.39 is 0 Å². The van der Waals surface area contributed by atoms with Crippen LogP contribution in [0.1, 0.15) is 37.0 Å². The molecule has 0 atom stereocenters. The molecule has 0 fully saturated rings. The summed E-state index contributed by atoms with van der Waals surface area (Å²) in [5.41, 5.74) is 3.12. The molecular formula is C22H22N4O2. The van der Waals surface area contributed by atoms with Gasteiger partial charge >= 0.3 is 0 Å². The van der Waals surface area contributed by atoms with Crippen LogP contribution in [0.3, 0.4) is 0 Å². The molecule has 142 valence electrons. The number of rotatable bonds is 2. The number of hydrogen-bond acceptors (Lipinski definition) is 3. The molecule has 28 heavy (non-hydrogen) atoms. The van der Waals surface area contributed by atoms with Crippen LogP contribution in [0.2, 0.25) is 0 Å². The normalized spacial score (nSPS) is 11.9. The Morgan fingerprint density at radius 3 is 2.61 bits per heavy atom. The van der Waals surface area contributed by atoms with Crippen LogP contribution in [0, 0.1) is 0 Å². The largest absolute Gasteiger partial charge is 0.341 e. The van der Waals surface area contributed by atoms with Crippen LogP contribution >= 0.6 is 0 Å². The molecule has 2 aromatic heterocycles. The van der Waals surface area contributed by atoms with E-state index in [1.54, 1.807) is 7.05 Å². The number of aromatic nitrogens is 3. The number of pyridine rings is 1. The first kappa shape index (κ1) is 18.0. The minimum absolute atomic E-state index is 0.0918. The summed E-state index contributed by atoms with van der Waals surface area (Å²) >= 11 is 0. The van der Waals surface area contributed by atoms with Gasteiger partial charge in [0.05, 0.1) is 22.1 Å². The second kappa shape index (κ2) is 6.34. The fraction of sp³-hybridized carbons (Fsp3) is 0.227. The van der Waals surface area contributed by atoms with E-state index in [0.717, 1.165) is 27.8 Å². The van der Waals surface area contributed by atoms with Gasteiger partial charge < -0.3 is 14.9 Å². The number of nitrogens with one attached hydrogen (secondary N) is 2. The fourth-order valence-corrected chi connectivity index (χ4v) is 3.24. The van der Waals surface area contributed by atoms with Crippen LogP contribution in [0.25, 0.3) is 21.9 Å². The molecule has 6 heteroatoms. The van der Waals surface area contributed by atoms with Crippen LogP contribution in [0.4, 0.5) is 5.69 Å². The van der Waals surface area contributed by atoms with Gasteiger partial charge in [0.25, 0.3) is 11.5 Å². The number of carbonyl (C=O) groups excluding carboxylic acids is 1. The molecule has 2 aromatic carbocycles. The van der Waals surface area contributed by atoms with Gasteiger partial charge in [-0.2, -0.15) is 0 Å². The predicted octanol–water partition coefficient (Wildman–Crippen LogP) is 3.96. The molecule has 2 heterocycles. The Kier molecular flexibility index (Phi) is 4.07. The minimum atomic E-state index is -0.316. The highest BCUT2D eigenvalue weighted by Gasteiger charge is 2.19. The third-order valence-electron chi connectivity index (χ3n) is 4.85. The Balaban J connectivity index is 1.72. The van der Waals surface area contributed by atoms with Crippen molar-refractivity contribution >= 4 is 33.5 Å². The van der Waals surface area contributed by atoms with E-state index in [2.05, 4.69) is 36.1 Å². The van der Waals surface area contributed by atoms with Crippen molar-refractivity contribution in [3.63, 3.8) is 0 Å². The van der Waals surface area contributed by atoms with Crippen LogP contribution in [-0.4, -0.2) is 20.4 Å². The lowest BCUT2D eigenvalue weighted by Crippen LogP contribution is -2.21. The fourth-order valence-electron chi connectivity index (χ4n) is 3.24. The quantitative estimate of drug-likeness (QED) is 0.557. The zero-order valence-electron chi connectivity index (χ0n) is 16.3. The molecule has 0 radical (unpaired) electrons. The Morgan fingerprint density at radius 2 is 1.86 bits per heavy atom. The number of anilines is 1. The summed E-state index contributed by atoms with van der Waals surface area (Å²) in [7, 11) is 1.70. The number of benzene rings is 2. The number of aromatic amines is 1. The number of H-pyrrole nitrogens is 1. The van der Waals surface area contributed by atoms with Crippen LogP contribution < -0.4 is 10.9 Å². The van der Waals surface area contributed by atoms with E-state index >= 15 is 0 Å². The molecule has 4 aromatic rings. The summed E-state index contributed by atoms with van der Waals surface area (Å²) in [6.45, 7) is 6.28. The highest BCUT2D eigenvalue weighted by molar-refractivity contribution is 6.12. The number of nitrogens with zero attached hydrogens (tertiary/aromatic N) is 2. The second-order valence-electron chi connectivity index (χ2n) is 7.99. The van der Waals surface area contributed by atoms with Gasteiger partial charge in [0, 0.05) is 29.6 Å². The van der Waals surface area contributed by atoms with Gasteiger partial charge in [-0.15, -0.1) is 0 Å². The lowest BCUT2D eigenvalue weighted by molar-refractivity contribution is 0.102. The molecule has 0 aliphatic carbocycles. The Hall–Kier alpha value is -3.41. The third-order valence-corrected chi connectivity index (χ3v) is 4.85. The van der Waals surface area contributed by atoms with Crippen molar-refractivity contribution in [3.05, 3.63) is 70.3 Å². The maximum absolute atomic E-state index is 12.9. The van der Waals surface area contributed by atoms with Gasteiger partial charge in [-0.05, 0) is 24.3 Å². The maximum Gasteiger partial charge on any atom is 0.256 e. The molecule has 2 N–H and O–H groups in total. The van der Waals surface area contributed by atoms with Gasteiger partial charge in [-0.3, -0.25) is 9.59 Å². The van der Waals surface area contributed by atoms with E-state index in [0.29, 0.717) is 11.3 Å². The number of hydrogen-bond donors (Lipinski definition) is 2. The highest BCUT2D eigenvalue weighted by Crippen LogP contribution is 2.25. The number of aryl methyl sites for hydroxylation is 1. The number of fused-ring (bicyclic) bond motifs is 2. The molecule has 0 unspecified atom stereocenters. The van der Waals surface area contributed by atoms with E-state index in [1.165, 1.54) is 10.6 Å². The van der Waals surface area contributed by atoms with Crippen molar-refractivity contribution in [3.8, 4) is 0 Å². The number of imidazole rings is 1. The van der Waals surface area contributed by atoms with Crippen LogP contribution in [0.5, 0.6) is 0 Å². The van der Waals surface area contributed by atoms with Crippen molar-refractivity contribution in [1.29, 1.82) is 0 Å². The number of para-hydroxylation sites is 1. The average molecular weight is 374 g/mol. The molecule has 0 aliphatic rings. The van der Waals surface area contributed by atoms with Gasteiger partial charge in [-0.25, -0.2) is 4.98 Å². The molecule has 0 saturated heterocycles. The molecule has 6 nitrogen and oxygen atoms in total. The smallest absolute Gasteiger partial charge is 0.256 e. The summed E-state index contributed by atoms with van der Waals surface area (Å²) in [5, 5.41) is 3.64. The molecule has 0 spiro atoms. The molecule has 4 rings (SSSR count). The zero-order chi connectivity index (χ0) is 20.1. The molecule has 1 amide bonds. The lowest BCUT2D eigenvalue weighted by Gasteiger charge is -2.13. The first-order chi connectivity index (χ1) is 13.2. The SMILES string of the molecule is Cn1c(=O)cc(C(=O)Nc2ccc3nc(C(C)(C)C)[nH]c3c2)c2ccccc21. The van der Waals surface area contributed by atoms with Gasteiger partial charge in [0.1, 0.15) is 5.82 Å². The lowest BCUT2D eigenvalue weighted by atomic mass is 9.96. The van der Waals surface area contributed by atoms with E-state index in [-0.39, 0.29) is 16.9 Å². The van der Waals surface area contributed by atoms with Crippen molar-refractivity contribution in [1.82, 2.24) is 14.5 Å². The van der Waals surface area contributed by atoms with Gasteiger partial charge in [-0.1, -0.05) is 39.0 Å². The first-order valence-corrected chi connectivity index (χ1v) is 9.14. The second-order valence-corrected chi connectivity index (χ2v) is 7.99. The Labute approximate surface area is 162 Å². The zero-order valence-corrected chi connectivity index (χ0v) is 16.3. The predicted molar refractivity (Wildman–Crippen MR) is 112 cm³/mol. The van der Waals surface area contributed by atoms with Crippen molar-refractivity contribution in [2.75, 3.05) is 5.32 Å². The van der Waals surface area contributed by atoms with Crippen molar-refractivity contribution in [2.45, 2.75) is 26.2 Å². The molecule has 0 saturated carbocycles. The van der Waals surface area contributed by atoms with Crippen LogP contribution in [-0.2, 0) is 12.5 Å². The van der Waals surface area contributed by atoms with E-state index in [1.807, 2.05) is 42.5 Å². The van der Waals surface area contributed by atoms with Crippen molar-refractivity contribution < 1.29 is 4.79 Å². The average Bonchev–Trinajstić information content (AvgIpc) is 3.08. The van der Waals surface area contributed by atoms with Crippen molar-refractivity contribution in [2.24, 2.45) is 7.05 Å². The summed E-state index contributed by atoms with van der Waals surface area (Å²) < 4.78 is 1.54. The van der Waals surface area contributed by atoms with Gasteiger partial charge in [0.15, 0.2) is 0 Å². The highest BCUT2D eigenvalue weighted by atomic mass is 16.2. The standard InChI is InChI=1S/C22H22N4O2/c1-22(2,3)21-24-16-10-9-13(11-17(16)25-21)23-20(28)15-12-19(27)26(4)18-8-6-5-7-14(15)18/h5-12H,1-4H3,(H,23,28)(H,24,25). The monoisotopic (exact) mass is 374 g/mol. The summed E-state index contributed by atoms with van der Waals surface area (Å²) in [6.07, 6.45) is 0. The summed E-state index contributed by atoms with van der Waals surface area (Å²) in [4.78, 5) is 33.1. The topological polar surface area (TPSA) is 79.8 Å². The Morgan fingerprint density at radius 1 is 1.11 bits per heavy atom. The number of carbonyl (C=O) groups is 1. The minimum Gasteiger partial charge on any atom is -0.341 e. The molecule has 0 bridgehead atoms. The summed E-state index contributed by atoms with van der Waals surface area (Å²) in [6, 6.07) is 14.3. The maximum atomic E-state index is 12.9. The molecule has 0 aliphatic heterocycles. The van der Waals surface area contributed by atoms with Crippen LogP contribution in [0.15, 0.2) is 53.3 Å². The first-order valence-electron chi connectivity index (χ1n) is 9.14. The van der Waals surface area contributed by atoms with Gasteiger partial charge in [0.2, 0.25) is 0 Å². The van der Waals surface area contributed by atoms with E-state index in [4.69, 9.17) is 0 Å². The summed E-state index contributed by atoms with van der Waals surface area (Å²) in [5.74, 6) is 0.576. The third kappa shape index (κ3) is 3.07. The number of amides is 1. The Bertz CT molecular complexity index is 1280. The molecular weight excluding hydrogens is 352 g/mol. The van der Waals surface area contributed by atoms with E-state index in [9.17, 15) is 9.59 Å².